The maximum absolute atomic E-state index is 12.0. The second kappa shape index (κ2) is 4.84. The zero-order valence-corrected chi connectivity index (χ0v) is 11.4. The standard InChI is InChI=1S/C13H13N3O3S/c17-9-12-7-8-14-16(12)11-3-5-13(6-4-11)20(18,19)15-10-1-2-10/h3-10,15H,1-2H2. The van der Waals surface area contributed by atoms with Crippen molar-refractivity contribution in [3.63, 3.8) is 0 Å². The molecule has 0 aliphatic heterocycles. The highest BCUT2D eigenvalue weighted by Gasteiger charge is 2.27. The molecule has 20 heavy (non-hydrogen) atoms. The molecule has 1 aromatic heterocycles. The summed E-state index contributed by atoms with van der Waals surface area (Å²) in [5, 5.41) is 4.03. The Hall–Kier alpha value is -1.99. The van der Waals surface area contributed by atoms with E-state index in [1.54, 1.807) is 18.2 Å². The highest BCUT2D eigenvalue weighted by atomic mass is 32.2. The summed E-state index contributed by atoms with van der Waals surface area (Å²) in [6.07, 6.45) is 4.01. The Labute approximate surface area is 116 Å². The van der Waals surface area contributed by atoms with Gasteiger partial charge in [0.1, 0.15) is 5.69 Å². The molecule has 2 aromatic rings. The van der Waals surface area contributed by atoms with Gasteiger partial charge in [0.05, 0.1) is 16.8 Å². The Kier molecular flexibility index (Phi) is 3.15. The van der Waals surface area contributed by atoms with Crippen LogP contribution in [-0.4, -0.2) is 30.5 Å². The lowest BCUT2D eigenvalue weighted by molar-refractivity contribution is 0.111. The Morgan fingerprint density at radius 3 is 2.50 bits per heavy atom. The molecule has 0 unspecified atom stereocenters. The van der Waals surface area contributed by atoms with Gasteiger partial charge in [-0.1, -0.05) is 0 Å². The van der Waals surface area contributed by atoms with E-state index < -0.39 is 10.0 Å². The van der Waals surface area contributed by atoms with Crippen LogP contribution in [0.2, 0.25) is 0 Å². The first-order chi connectivity index (χ1) is 9.60. The van der Waals surface area contributed by atoms with Gasteiger partial charge in [0, 0.05) is 6.04 Å². The molecule has 0 bridgehead atoms. The number of nitrogens with one attached hydrogen (secondary N) is 1. The largest absolute Gasteiger partial charge is 0.296 e. The van der Waals surface area contributed by atoms with E-state index in [1.807, 2.05) is 0 Å². The molecule has 1 N–H and O–H groups in total. The van der Waals surface area contributed by atoms with Gasteiger partial charge in [-0.2, -0.15) is 5.10 Å². The lowest BCUT2D eigenvalue weighted by Gasteiger charge is -2.07. The van der Waals surface area contributed by atoms with E-state index in [2.05, 4.69) is 9.82 Å². The summed E-state index contributed by atoms with van der Waals surface area (Å²) in [5.41, 5.74) is 1.05. The van der Waals surface area contributed by atoms with Crippen LogP contribution in [0.5, 0.6) is 0 Å². The quantitative estimate of drug-likeness (QED) is 0.837. The van der Waals surface area contributed by atoms with Crippen molar-refractivity contribution < 1.29 is 13.2 Å². The number of rotatable bonds is 5. The summed E-state index contributed by atoms with van der Waals surface area (Å²) < 4.78 is 28.1. The van der Waals surface area contributed by atoms with Crippen molar-refractivity contribution in [2.75, 3.05) is 0 Å². The summed E-state index contributed by atoms with van der Waals surface area (Å²) in [6, 6.07) is 7.94. The van der Waals surface area contributed by atoms with E-state index in [9.17, 15) is 13.2 Å². The number of aldehydes is 1. The van der Waals surface area contributed by atoms with E-state index in [-0.39, 0.29) is 10.9 Å². The summed E-state index contributed by atoms with van der Waals surface area (Å²) >= 11 is 0. The van der Waals surface area contributed by atoms with E-state index >= 15 is 0 Å². The van der Waals surface area contributed by atoms with E-state index in [0.717, 1.165) is 12.8 Å². The monoisotopic (exact) mass is 291 g/mol. The van der Waals surface area contributed by atoms with Gasteiger partial charge in [-0.25, -0.2) is 17.8 Å². The number of sulfonamides is 1. The molecule has 1 aromatic carbocycles. The second-order valence-electron chi connectivity index (χ2n) is 4.68. The molecule has 0 saturated heterocycles. The molecule has 6 nitrogen and oxygen atoms in total. The molecule has 1 aliphatic carbocycles. The third-order valence-corrected chi connectivity index (χ3v) is 4.62. The first-order valence-electron chi connectivity index (χ1n) is 6.22. The SMILES string of the molecule is O=Cc1ccnn1-c1ccc(S(=O)(=O)NC2CC2)cc1. The number of aromatic nitrogens is 2. The van der Waals surface area contributed by atoms with Crippen LogP contribution in [0, 0.1) is 0 Å². The highest BCUT2D eigenvalue weighted by Crippen LogP contribution is 2.22. The van der Waals surface area contributed by atoms with Gasteiger partial charge in [0.15, 0.2) is 6.29 Å². The number of hydrogen-bond donors (Lipinski definition) is 1. The van der Waals surface area contributed by atoms with Gasteiger partial charge in [-0.15, -0.1) is 0 Å². The van der Waals surface area contributed by atoms with Crippen molar-refractivity contribution in [1.29, 1.82) is 0 Å². The molecular weight excluding hydrogens is 278 g/mol. The summed E-state index contributed by atoms with van der Waals surface area (Å²) in [4.78, 5) is 11.1. The number of nitrogens with zero attached hydrogens (tertiary/aromatic N) is 2. The molecule has 0 amide bonds. The topological polar surface area (TPSA) is 81.1 Å². The Morgan fingerprint density at radius 2 is 1.90 bits per heavy atom. The van der Waals surface area contributed by atoms with Gasteiger partial charge in [0.2, 0.25) is 10.0 Å². The summed E-state index contributed by atoms with van der Waals surface area (Å²) in [5.74, 6) is 0. The number of carbonyl (C=O) groups is 1. The molecule has 7 heteroatoms. The molecule has 1 heterocycles. The Morgan fingerprint density at radius 1 is 1.20 bits per heavy atom. The van der Waals surface area contributed by atoms with E-state index in [0.29, 0.717) is 17.7 Å². The maximum Gasteiger partial charge on any atom is 0.240 e. The summed E-state index contributed by atoms with van der Waals surface area (Å²) in [6.45, 7) is 0. The van der Waals surface area contributed by atoms with Gasteiger partial charge < -0.3 is 0 Å². The minimum Gasteiger partial charge on any atom is -0.296 e. The van der Waals surface area contributed by atoms with Crippen LogP contribution in [-0.2, 0) is 10.0 Å². The predicted molar refractivity (Wildman–Crippen MR) is 72.3 cm³/mol. The number of carbonyl (C=O) groups excluding carboxylic acids is 1. The average molecular weight is 291 g/mol. The summed E-state index contributed by atoms with van der Waals surface area (Å²) in [7, 11) is -3.45. The van der Waals surface area contributed by atoms with Crippen molar-refractivity contribution in [3.8, 4) is 5.69 Å². The van der Waals surface area contributed by atoms with Crippen molar-refractivity contribution in [1.82, 2.24) is 14.5 Å². The van der Waals surface area contributed by atoms with Crippen LogP contribution in [0.25, 0.3) is 5.69 Å². The van der Waals surface area contributed by atoms with Crippen LogP contribution in [0.3, 0.4) is 0 Å². The maximum atomic E-state index is 12.0. The fourth-order valence-corrected chi connectivity index (χ4v) is 3.18. The Balaban J connectivity index is 1.89. The van der Waals surface area contributed by atoms with Crippen LogP contribution < -0.4 is 4.72 Å². The first kappa shape index (κ1) is 13.0. The minimum absolute atomic E-state index is 0.0763. The zero-order chi connectivity index (χ0) is 14.2. The molecule has 104 valence electrons. The first-order valence-corrected chi connectivity index (χ1v) is 7.70. The van der Waals surface area contributed by atoms with Crippen molar-refractivity contribution in [2.45, 2.75) is 23.8 Å². The highest BCUT2D eigenvalue weighted by molar-refractivity contribution is 7.89. The van der Waals surface area contributed by atoms with E-state index in [1.165, 1.54) is 23.0 Å². The van der Waals surface area contributed by atoms with Gasteiger partial charge in [0.25, 0.3) is 0 Å². The Bertz CT molecular complexity index is 730. The number of benzene rings is 1. The van der Waals surface area contributed by atoms with Crippen LogP contribution in [0.15, 0.2) is 41.4 Å². The molecule has 1 aliphatic rings. The van der Waals surface area contributed by atoms with Crippen LogP contribution >= 0.6 is 0 Å². The van der Waals surface area contributed by atoms with Crippen molar-refractivity contribution in [3.05, 3.63) is 42.2 Å². The predicted octanol–water partition coefficient (Wildman–Crippen LogP) is 1.13. The minimum atomic E-state index is -3.45. The molecule has 1 fully saturated rings. The van der Waals surface area contributed by atoms with Crippen LogP contribution in [0.4, 0.5) is 0 Å². The molecule has 0 atom stereocenters. The molecule has 0 radical (unpaired) electrons. The third kappa shape index (κ3) is 2.50. The smallest absolute Gasteiger partial charge is 0.240 e. The normalized spacial score (nSPS) is 15.2. The molecule has 3 rings (SSSR count). The fraction of sp³-hybridized carbons (Fsp3) is 0.231. The lowest BCUT2D eigenvalue weighted by atomic mass is 10.3. The van der Waals surface area contributed by atoms with Gasteiger partial charge in [-0.3, -0.25) is 4.79 Å². The van der Waals surface area contributed by atoms with Crippen LogP contribution in [0.1, 0.15) is 23.3 Å². The second-order valence-corrected chi connectivity index (χ2v) is 6.39. The molecular formula is C13H13N3O3S. The van der Waals surface area contributed by atoms with Gasteiger partial charge in [-0.05, 0) is 43.2 Å². The van der Waals surface area contributed by atoms with Gasteiger partial charge >= 0.3 is 0 Å². The molecule has 1 saturated carbocycles. The zero-order valence-electron chi connectivity index (χ0n) is 10.6. The average Bonchev–Trinajstić information content (AvgIpc) is 3.11. The fourth-order valence-electron chi connectivity index (χ4n) is 1.87. The number of hydrogen-bond acceptors (Lipinski definition) is 4. The van der Waals surface area contributed by atoms with E-state index in [4.69, 9.17) is 0 Å². The van der Waals surface area contributed by atoms with Crippen molar-refractivity contribution in [2.24, 2.45) is 0 Å². The lowest BCUT2D eigenvalue weighted by Crippen LogP contribution is -2.25. The van der Waals surface area contributed by atoms with Crippen molar-refractivity contribution >= 4 is 16.3 Å². The third-order valence-electron chi connectivity index (χ3n) is 3.08. The molecule has 0 spiro atoms.